The minimum Gasteiger partial charge on any atom is -0.465 e. The van der Waals surface area contributed by atoms with Gasteiger partial charge in [0.05, 0.1) is 24.3 Å². The molecule has 0 saturated carbocycles. The predicted octanol–water partition coefficient (Wildman–Crippen LogP) is 4.95. The monoisotopic (exact) mass is 658 g/mol. The highest BCUT2D eigenvalue weighted by atomic mass is 16.5. The molecule has 2 aromatic rings. The van der Waals surface area contributed by atoms with E-state index in [1.807, 2.05) is 48.8 Å². The minimum atomic E-state index is -1.04. The Morgan fingerprint density at radius 1 is 1.18 bits per heavy atom. The lowest BCUT2D eigenvalue weighted by Crippen LogP contribution is -2.41. The summed E-state index contributed by atoms with van der Waals surface area (Å²) in [5, 5.41) is 25.0. The molecule has 7 rings (SSSR count). The second kappa shape index (κ2) is 14.4. The highest BCUT2D eigenvalue weighted by Crippen LogP contribution is 2.39. The Morgan fingerprint density at radius 2 is 2.06 bits per heavy atom. The van der Waals surface area contributed by atoms with E-state index in [0.717, 1.165) is 63.9 Å². The lowest BCUT2D eigenvalue weighted by atomic mass is 9.86. The van der Waals surface area contributed by atoms with Crippen molar-refractivity contribution in [3.8, 4) is 35.4 Å². The third kappa shape index (κ3) is 7.02. The number of nitrogens with one attached hydrogen (secondary N) is 1. The molecule has 0 fully saturated rings. The van der Waals surface area contributed by atoms with Crippen LogP contribution in [0.15, 0.2) is 65.1 Å². The van der Waals surface area contributed by atoms with E-state index >= 15 is 0 Å². The molecule has 5 atom stereocenters. The molecule has 0 amide bonds. The number of nitrogens with two attached hydrogens (primary N) is 1. The summed E-state index contributed by atoms with van der Waals surface area (Å²) >= 11 is 0. The van der Waals surface area contributed by atoms with Crippen LogP contribution in [0.3, 0.4) is 0 Å². The number of fused-ring (bicyclic) bond motifs is 7. The van der Waals surface area contributed by atoms with Gasteiger partial charge in [0.2, 0.25) is 0 Å². The number of aryl methyl sites for hydroxylation is 1. The molecule has 5 heterocycles. The SMILES string of the molecule is CCCCC[C@@H](O)CC(=O)CCc1ccc2c(c1)O[C@@H]1[C@H](C#C[C@@H](O)c3ccc4c(c3CC3=CN=C5CN1C=C35)C=CN[C@@H]4N)CC#CO2. The highest BCUT2D eigenvalue weighted by Gasteiger charge is 2.36. The van der Waals surface area contributed by atoms with E-state index in [2.05, 4.69) is 47.2 Å². The van der Waals surface area contributed by atoms with Crippen molar-refractivity contribution in [1.82, 2.24) is 10.2 Å². The van der Waals surface area contributed by atoms with Crippen LogP contribution in [0.5, 0.6) is 11.5 Å². The van der Waals surface area contributed by atoms with Crippen molar-refractivity contribution in [2.75, 3.05) is 6.54 Å². The quantitative estimate of drug-likeness (QED) is 0.220. The first kappa shape index (κ1) is 32.7. The number of rotatable bonds is 9. The maximum Gasteiger partial charge on any atom is 0.187 e. The lowest BCUT2D eigenvalue weighted by Gasteiger charge is -2.32. The number of ether oxygens (including phenoxy) is 2. The smallest absolute Gasteiger partial charge is 0.187 e. The average Bonchev–Trinajstić information content (AvgIpc) is 3.70. The largest absolute Gasteiger partial charge is 0.465 e. The molecule has 0 radical (unpaired) electrons. The van der Waals surface area contributed by atoms with Crippen LogP contribution in [0.25, 0.3) is 6.08 Å². The van der Waals surface area contributed by atoms with E-state index in [1.54, 1.807) is 0 Å². The first-order valence-corrected chi connectivity index (χ1v) is 17.3. The Labute approximate surface area is 287 Å². The van der Waals surface area contributed by atoms with E-state index in [1.165, 1.54) is 0 Å². The summed E-state index contributed by atoms with van der Waals surface area (Å²) in [5.74, 6) is 10.2. The van der Waals surface area contributed by atoms with E-state index < -0.39 is 24.4 Å². The Bertz CT molecular complexity index is 1890. The lowest BCUT2D eigenvalue weighted by molar-refractivity contribution is -0.121. The number of hydrogen-bond donors (Lipinski definition) is 4. The number of nitrogens with zero attached hydrogens (tertiary/aromatic N) is 2. The van der Waals surface area contributed by atoms with E-state index in [9.17, 15) is 15.0 Å². The fourth-order valence-corrected chi connectivity index (χ4v) is 7.09. The number of benzene rings is 2. The van der Waals surface area contributed by atoms with Crippen molar-refractivity contribution in [2.24, 2.45) is 16.6 Å². The van der Waals surface area contributed by atoms with Gasteiger partial charge in [-0.15, -0.1) is 0 Å². The van der Waals surface area contributed by atoms with Gasteiger partial charge in [-0.2, -0.15) is 0 Å². The molecule has 0 unspecified atom stereocenters. The number of aliphatic imine (C=N–C) groups is 1. The van der Waals surface area contributed by atoms with Crippen LogP contribution >= 0.6 is 0 Å². The number of allylic oxidation sites excluding steroid dienone is 1. The molecule has 0 spiro atoms. The van der Waals surface area contributed by atoms with Crippen molar-refractivity contribution in [3.05, 3.63) is 87.9 Å². The van der Waals surface area contributed by atoms with Crippen molar-refractivity contribution in [1.29, 1.82) is 0 Å². The number of unbranched alkanes of at least 4 members (excludes halogenated alkanes) is 2. The molecule has 2 aromatic carbocycles. The van der Waals surface area contributed by atoms with Crippen LogP contribution in [0.2, 0.25) is 0 Å². The zero-order chi connectivity index (χ0) is 33.9. The number of aliphatic hydroxyl groups excluding tert-OH is 2. The fraction of sp³-hybridized carbons (Fsp3) is 0.400. The normalized spacial score (nSPS) is 23.3. The number of carbonyl (C=O) groups excluding carboxylic acids is 1. The maximum atomic E-state index is 12.7. The van der Waals surface area contributed by atoms with Crippen LogP contribution in [0, 0.1) is 29.8 Å². The van der Waals surface area contributed by atoms with Gasteiger partial charge in [-0.3, -0.25) is 9.79 Å². The molecule has 5 N–H and O–H groups in total. The Balaban J connectivity index is 1.18. The van der Waals surface area contributed by atoms with Crippen molar-refractivity contribution >= 4 is 17.6 Å². The molecule has 9 nitrogen and oxygen atoms in total. The van der Waals surface area contributed by atoms with Crippen LogP contribution in [0.4, 0.5) is 0 Å². The summed E-state index contributed by atoms with van der Waals surface area (Å²) in [7, 11) is 0. The van der Waals surface area contributed by atoms with Gasteiger partial charge >= 0.3 is 0 Å². The average molecular weight is 659 g/mol. The third-order valence-corrected chi connectivity index (χ3v) is 9.79. The number of ketones is 1. The van der Waals surface area contributed by atoms with Gasteiger partial charge in [-0.05, 0) is 70.6 Å². The van der Waals surface area contributed by atoms with Crippen LogP contribution < -0.4 is 20.5 Å². The van der Waals surface area contributed by atoms with Gasteiger partial charge in [-0.25, -0.2) is 0 Å². The highest BCUT2D eigenvalue weighted by molar-refractivity contribution is 6.09. The number of aliphatic hydroxyl groups is 2. The first-order chi connectivity index (χ1) is 23.9. The van der Waals surface area contributed by atoms with Crippen molar-refractivity contribution < 1.29 is 24.5 Å². The third-order valence-electron chi connectivity index (χ3n) is 9.79. The zero-order valence-electron chi connectivity index (χ0n) is 27.7. The molecule has 2 bridgehead atoms. The molecular formula is C40H42N4O5. The van der Waals surface area contributed by atoms with Gasteiger partial charge in [-0.1, -0.05) is 62.1 Å². The van der Waals surface area contributed by atoms with Gasteiger partial charge in [0.25, 0.3) is 0 Å². The molecule has 0 aliphatic carbocycles. The topological polar surface area (TPSA) is 130 Å². The number of Topliss-reactive ketones (excluding diaryl/α,β-unsaturated/α-hetero) is 1. The number of carbonyl (C=O) groups is 1. The Kier molecular flexibility index (Phi) is 9.59. The first-order valence-electron chi connectivity index (χ1n) is 17.3. The Morgan fingerprint density at radius 3 is 2.94 bits per heavy atom. The van der Waals surface area contributed by atoms with Gasteiger partial charge in [0.1, 0.15) is 24.2 Å². The van der Waals surface area contributed by atoms with Gasteiger partial charge in [0, 0.05) is 43.7 Å². The summed E-state index contributed by atoms with van der Waals surface area (Å²) in [6.07, 6.45) is 13.8. The molecular weight excluding hydrogens is 616 g/mol. The van der Waals surface area contributed by atoms with E-state index in [-0.39, 0.29) is 18.4 Å². The zero-order valence-corrected chi connectivity index (χ0v) is 27.7. The maximum absolute atomic E-state index is 12.7. The van der Waals surface area contributed by atoms with Gasteiger partial charge in [0.15, 0.2) is 17.7 Å². The molecule has 49 heavy (non-hydrogen) atoms. The summed E-state index contributed by atoms with van der Waals surface area (Å²) < 4.78 is 12.6. The summed E-state index contributed by atoms with van der Waals surface area (Å²) in [6.45, 7) is 2.66. The molecule has 9 heteroatoms. The van der Waals surface area contributed by atoms with Crippen LogP contribution in [-0.4, -0.2) is 45.5 Å². The van der Waals surface area contributed by atoms with Crippen molar-refractivity contribution in [2.45, 2.75) is 89.3 Å². The summed E-state index contributed by atoms with van der Waals surface area (Å²) in [4.78, 5) is 19.6. The molecule has 5 aliphatic rings. The Hall–Kier alpha value is -4.80. The van der Waals surface area contributed by atoms with E-state index in [0.29, 0.717) is 50.1 Å². The standard InChI is InChI=1S/C40H42N4O5/c1-2-3-4-7-28(45)21-29(46)11-8-25-9-15-37-38(19-25)49-40-26(6-5-18-48-37)10-14-36(47)31-12-13-32-30(16-17-42-39(32)41)33(31)20-27-22-43-35-24-44(40)23-34(27)35/h9,12-13,15-17,19,22-23,26,28,36,39-40,42,45,47H,2-4,6-8,11,20-21,24,41H2,1H3/t26-,28+,36+,39-,40+/m0/s1. The second-order valence-electron chi connectivity index (χ2n) is 13.3. The fourth-order valence-electron chi connectivity index (χ4n) is 7.09. The molecule has 0 saturated heterocycles. The predicted molar refractivity (Wildman–Crippen MR) is 188 cm³/mol. The van der Waals surface area contributed by atoms with E-state index in [4.69, 9.17) is 20.2 Å². The van der Waals surface area contributed by atoms with Crippen LogP contribution in [-0.2, 0) is 17.6 Å². The summed E-state index contributed by atoms with van der Waals surface area (Å²) in [6, 6.07) is 9.53. The van der Waals surface area contributed by atoms with Gasteiger partial charge < -0.3 is 35.6 Å². The molecule has 252 valence electrons. The number of hydrogen-bond acceptors (Lipinski definition) is 9. The van der Waals surface area contributed by atoms with Crippen molar-refractivity contribution in [3.63, 3.8) is 0 Å². The minimum absolute atomic E-state index is 0.0428. The second-order valence-corrected chi connectivity index (χ2v) is 13.3. The molecule has 5 aliphatic heterocycles. The molecule has 0 aromatic heterocycles. The summed E-state index contributed by atoms with van der Waals surface area (Å²) in [5.41, 5.74) is 14.0. The van der Waals surface area contributed by atoms with Crippen LogP contribution in [0.1, 0.15) is 92.0 Å².